The van der Waals surface area contributed by atoms with E-state index in [0.717, 1.165) is 24.6 Å². The number of rotatable bonds is 3. The molecule has 1 aliphatic heterocycles. The highest BCUT2D eigenvalue weighted by Gasteiger charge is 2.22. The Labute approximate surface area is 103 Å². The Morgan fingerprint density at radius 3 is 2.88 bits per heavy atom. The lowest BCUT2D eigenvalue weighted by Gasteiger charge is -2.35. The van der Waals surface area contributed by atoms with Gasteiger partial charge in [0.15, 0.2) is 0 Å². The van der Waals surface area contributed by atoms with Gasteiger partial charge in [0.2, 0.25) is 0 Å². The Kier molecular flexibility index (Phi) is 3.82. The average molecular weight is 234 g/mol. The van der Waals surface area contributed by atoms with Crippen LogP contribution in [0.3, 0.4) is 0 Å². The molecule has 1 atom stereocenters. The highest BCUT2D eigenvalue weighted by Crippen LogP contribution is 2.29. The second-order valence-corrected chi connectivity index (χ2v) is 4.67. The summed E-state index contributed by atoms with van der Waals surface area (Å²) in [4.78, 5) is 11.2. The van der Waals surface area contributed by atoms with Gasteiger partial charge in [-0.05, 0) is 32.6 Å². The molecule has 1 unspecified atom stereocenters. The van der Waals surface area contributed by atoms with E-state index in [0.29, 0.717) is 6.04 Å². The first-order chi connectivity index (χ1) is 8.27. The van der Waals surface area contributed by atoms with Crippen molar-refractivity contribution in [2.24, 2.45) is 0 Å². The van der Waals surface area contributed by atoms with E-state index in [4.69, 9.17) is 0 Å². The van der Waals surface area contributed by atoms with Crippen LogP contribution in [-0.4, -0.2) is 29.6 Å². The Balaban J connectivity index is 2.36. The zero-order chi connectivity index (χ0) is 12.3. The summed E-state index contributed by atoms with van der Waals surface area (Å²) in [6.45, 7) is 5.58. The molecule has 1 aliphatic rings. The minimum atomic E-state index is 0.591. The van der Waals surface area contributed by atoms with Crippen molar-refractivity contribution in [2.45, 2.75) is 45.6 Å². The van der Waals surface area contributed by atoms with Gasteiger partial charge in [0.1, 0.15) is 18.0 Å². The van der Waals surface area contributed by atoms with Crippen molar-refractivity contribution in [3.8, 4) is 0 Å². The van der Waals surface area contributed by atoms with Crippen LogP contribution >= 0.6 is 0 Å². The third-order valence-electron chi connectivity index (χ3n) is 3.59. The number of nitrogens with one attached hydrogen (secondary N) is 1. The molecule has 2 heterocycles. The molecular weight excluding hydrogens is 212 g/mol. The minimum absolute atomic E-state index is 0.591. The third kappa shape index (κ3) is 2.35. The first kappa shape index (κ1) is 12.1. The molecule has 0 bridgehead atoms. The average Bonchev–Trinajstić information content (AvgIpc) is 2.38. The maximum Gasteiger partial charge on any atom is 0.137 e. The van der Waals surface area contributed by atoms with Crippen molar-refractivity contribution in [1.82, 2.24) is 9.97 Å². The van der Waals surface area contributed by atoms with Gasteiger partial charge in [-0.25, -0.2) is 9.97 Å². The molecule has 1 fully saturated rings. The quantitative estimate of drug-likeness (QED) is 0.872. The van der Waals surface area contributed by atoms with Gasteiger partial charge in [-0.15, -0.1) is 0 Å². The molecule has 0 saturated carbocycles. The lowest BCUT2D eigenvalue weighted by molar-refractivity contribution is 0.480. The van der Waals surface area contributed by atoms with Crippen LogP contribution in [0.4, 0.5) is 11.6 Å². The summed E-state index contributed by atoms with van der Waals surface area (Å²) in [6.07, 6.45) is 6.51. The second kappa shape index (κ2) is 5.34. The lowest BCUT2D eigenvalue weighted by atomic mass is 10.0. The molecular formula is C13H22N4. The molecule has 0 aliphatic carbocycles. The van der Waals surface area contributed by atoms with Crippen LogP contribution in [0.1, 0.15) is 38.7 Å². The maximum atomic E-state index is 4.51. The molecule has 17 heavy (non-hydrogen) atoms. The number of hydrogen-bond donors (Lipinski definition) is 1. The SMILES string of the molecule is CCc1c(NC)ncnc1N1CCCCC1C. The van der Waals surface area contributed by atoms with Crippen LogP contribution in [0.25, 0.3) is 0 Å². The van der Waals surface area contributed by atoms with E-state index in [-0.39, 0.29) is 0 Å². The maximum absolute atomic E-state index is 4.51. The number of anilines is 2. The Morgan fingerprint density at radius 1 is 1.41 bits per heavy atom. The molecule has 94 valence electrons. The summed E-state index contributed by atoms with van der Waals surface area (Å²) >= 11 is 0. The van der Waals surface area contributed by atoms with Crippen molar-refractivity contribution in [3.05, 3.63) is 11.9 Å². The predicted molar refractivity (Wildman–Crippen MR) is 71.6 cm³/mol. The highest BCUT2D eigenvalue weighted by molar-refractivity contribution is 5.59. The molecule has 4 nitrogen and oxygen atoms in total. The monoisotopic (exact) mass is 234 g/mol. The predicted octanol–water partition coefficient (Wildman–Crippen LogP) is 2.46. The van der Waals surface area contributed by atoms with E-state index in [1.54, 1.807) is 6.33 Å². The molecule has 1 N–H and O–H groups in total. The van der Waals surface area contributed by atoms with E-state index in [9.17, 15) is 0 Å². The summed E-state index contributed by atoms with van der Waals surface area (Å²) in [5, 5.41) is 3.16. The van der Waals surface area contributed by atoms with Crippen LogP contribution in [0.2, 0.25) is 0 Å². The van der Waals surface area contributed by atoms with E-state index in [1.807, 2.05) is 7.05 Å². The summed E-state index contributed by atoms with van der Waals surface area (Å²) in [6, 6.07) is 0.591. The van der Waals surface area contributed by atoms with Crippen LogP contribution in [0.5, 0.6) is 0 Å². The molecule has 1 aromatic rings. The van der Waals surface area contributed by atoms with Gasteiger partial charge in [-0.1, -0.05) is 6.92 Å². The molecule has 0 radical (unpaired) electrons. The Morgan fingerprint density at radius 2 is 2.24 bits per heavy atom. The fourth-order valence-electron chi connectivity index (χ4n) is 2.60. The minimum Gasteiger partial charge on any atom is -0.373 e. The van der Waals surface area contributed by atoms with Gasteiger partial charge in [0, 0.05) is 25.2 Å². The normalized spacial score (nSPS) is 20.4. The first-order valence-electron chi connectivity index (χ1n) is 6.56. The van der Waals surface area contributed by atoms with Crippen molar-refractivity contribution in [1.29, 1.82) is 0 Å². The smallest absolute Gasteiger partial charge is 0.137 e. The van der Waals surface area contributed by atoms with Crippen LogP contribution in [-0.2, 0) is 6.42 Å². The first-order valence-corrected chi connectivity index (χ1v) is 6.56. The van der Waals surface area contributed by atoms with Gasteiger partial charge in [0.25, 0.3) is 0 Å². The highest BCUT2D eigenvalue weighted by atomic mass is 15.2. The Hall–Kier alpha value is -1.32. The lowest BCUT2D eigenvalue weighted by Crippen LogP contribution is -2.38. The van der Waals surface area contributed by atoms with Gasteiger partial charge in [-0.2, -0.15) is 0 Å². The molecule has 1 aromatic heterocycles. The van der Waals surface area contributed by atoms with Crippen molar-refractivity contribution in [2.75, 3.05) is 23.8 Å². The number of aromatic nitrogens is 2. The van der Waals surface area contributed by atoms with Gasteiger partial charge >= 0.3 is 0 Å². The van der Waals surface area contributed by atoms with Crippen molar-refractivity contribution >= 4 is 11.6 Å². The van der Waals surface area contributed by atoms with E-state index >= 15 is 0 Å². The zero-order valence-electron chi connectivity index (χ0n) is 11.0. The van der Waals surface area contributed by atoms with Gasteiger partial charge < -0.3 is 10.2 Å². The fraction of sp³-hybridized carbons (Fsp3) is 0.692. The van der Waals surface area contributed by atoms with E-state index in [2.05, 4.69) is 34.0 Å². The third-order valence-corrected chi connectivity index (χ3v) is 3.59. The van der Waals surface area contributed by atoms with Crippen LogP contribution < -0.4 is 10.2 Å². The molecule has 0 amide bonds. The van der Waals surface area contributed by atoms with Crippen molar-refractivity contribution < 1.29 is 0 Å². The van der Waals surface area contributed by atoms with Crippen LogP contribution in [0.15, 0.2) is 6.33 Å². The van der Waals surface area contributed by atoms with E-state index in [1.165, 1.54) is 24.8 Å². The summed E-state index contributed by atoms with van der Waals surface area (Å²) < 4.78 is 0. The number of piperidine rings is 1. The summed E-state index contributed by atoms with van der Waals surface area (Å²) in [5.74, 6) is 2.09. The standard InChI is InChI=1S/C13H22N4/c1-4-11-12(14-3)15-9-16-13(11)17-8-6-5-7-10(17)2/h9-10H,4-8H2,1-3H3,(H,14,15,16). The fourth-order valence-corrected chi connectivity index (χ4v) is 2.60. The Bertz CT molecular complexity index is 378. The van der Waals surface area contributed by atoms with Gasteiger partial charge in [-0.3, -0.25) is 0 Å². The summed E-state index contributed by atoms with van der Waals surface area (Å²) in [5.41, 5.74) is 1.24. The van der Waals surface area contributed by atoms with Crippen molar-refractivity contribution in [3.63, 3.8) is 0 Å². The largest absolute Gasteiger partial charge is 0.373 e. The molecule has 4 heteroatoms. The second-order valence-electron chi connectivity index (χ2n) is 4.67. The molecule has 0 aromatic carbocycles. The summed E-state index contributed by atoms with van der Waals surface area (Å²) in [7, 11) is 1.92. The zero-order valence-corrected chi connectivity index (χ0v) is 11.0. The number of nitrogens with zero attached hydrogens (tertiary/aromatic N) is 3. The molecule has 1 saturated heterocycles. The van der Waals surface area contributed by atoms with Gasteiger partial charge in [0.05, 0.1) is 0 Å². The van der Waals surface area contributed by atoms with Crippen LogP contribution in [0, 0.1) is 0 Å². The van der Waals surface area contributed by atoms with E-state index < -0.39 is 0 Å². The molecule has 2 rings (SSSR count). The molecule has 0 spiro atoms. The number of hydrogen-bond acceptors (Lipinski definition) is 4. The topological polar surface area (TPSA) is 41.1 Å².